The average molecular weight is 266 g/mol. The fourth-order valence-electron chi connectivity index (χ4n) is 4.13. The van der Waals surface area contributed by atoms with Crippen LogP contribution in [0.1, 0.15) is 46.0 Å². The minimum absolute atomic E-state index is 0.253. The van der Waals surface area contributed by atoms with Crippen molar-refractivity contribution < 1.29 is 5.11 Å². The molecular weight excluding hydrogens is 236 g/mol. The Morgan fingerprint density at radius 2 is 1.84 bits per heavy atom. The van der Waals surface area contributed by atoms with E-state index in [1.165, 1.54) is 45.2 Å². The van der Waals surface area contributed by atoms with Crippen LogP contribution < -0.4 is 5.32 Å². The van der Waals surface area contributed by atoms with Crippen molar-refractivity contribution in [1.82, 2.24) is 10.2 Å². The van der Waals surface area contributed by atoms with E-state index in [9.17, 15) is 5.11 Å². The molecule has 2 saturated carbocycles. The van der Waals surface area contributed by atoms with Crippen molar-refractivity contribution in [3.8, 4) is 0 Å². The summed E-state index contributed by atoms with van der Waals surface area (Å²) in [6.45, 7) is 8.63. The lowest BCUT2D eigenvalue weighted by Crippen LogP contribution is -2.59. The number of hydrogen-bond acceptors (Lipinski definition) is 3. The molecule has 2 N–H and O–H groups in total. The largest absolute Gasteiger partial charge is 0.396 e. The zero-order valence-corrected chi connectivity index (χ0v) is 12.6. The molecule has 2 unspecified atom stereocenters. The molecule has 2 atom stereocenters. The van der Waals surface area contributed by atoms with Crippen molar-refractivity contribution in [3.05, 3.63) is 0 Å². The van der Waals surface area contributed by atoms with E-state index in [2.05, 4.69) is 24.1 Å². The molecular formula is C16H30N2O. The normalized spacial score (nSPS) is 37.6. The Bertz CT molecular complexity index is 300. The van der Waals surface area contributed by atoms with Gasteiger partial charge < -0.3 is 15.3 Å². The Balaban J connectivity index is 1.59. The number of likely N-dealkylation sites (tertiary alicyclic amines) is 1. The first kappa shape index (κ1) is 13.8. The third-order valence-electron chi connectivity index (χ3n) is 5.84. The van der Waals surface area contributed by atoms with E-state index < -0.39 is 0 Å². The first-order chi connectivity index (χ1) is 9.13. The number of rotatable bonds is 5. The molecule has 0 aromatic heterocycles. The van der Waals surface area contributed by atoms with Gasteiger partial charge in [-0.3, -0.25) is 0 Å². The van der Waals surface area contributed by atoms with E-state index >= 15 is 0 Å². The number of nitrogens with one attached hydrogen (secondary N) is 1. The van der Waals surface area contributed by atoms with Crippen molar-refractivity contribution in [1.29, 1.82) is 0 Å². The van der Waals surface area contributed by atoms with Crippen molar-refractivity contribution in [2.45, 2.75) is 58.0 Å². The van der Waals surface area contributed by atoms with Crippen molar-refractivity contribution >= 4 is 0 Å². The Morgan fingerprint density at radius 1 is 1.21 bits per heavy atom. The van der Waals surface area contributed by atoms with Crippen LogP contribution in [-0.4, -0.2) is 48.3 Å². The summed E-state index contributed by atoms with van der Waals surface area (Å²) in [4.78, 5) is 2.67. The molecule has 0 spiro atoms. The van der Waals surface area contributed by atoms with E-state index in [-0.39, 0.29) is 5.41 Å². The quantitative estimate of drug-likeness (QED) is 0.797. The van der Waals surface area contributed by atoms with Gasteiger partial charge in [-0.15, -0.1) is 0 Å². The summed E-state index contributed by atoms with van der Waals surface area (Å²) in [7, 11) is 0. The highest BCUT2D eigenvalue weighted by molar-refractivity contribution is 4.99. The molecule has 110 valence electrons. The molecule has 19 heavy (non-hydrogen) atoms. The predicted molar refractivity (Wildman–Crippen MR) is 78.1 cm³/mol. The third-order valence-corrected chi connectivity index (χ3v) is 5.84. The lowest BCUT2D eigenvalue weighted by Gasteiger charge is -2.49. The first-order valence-corrected chi connectivity index (χ1v) is 8.22. The molecule has 1 heterocycles. The fourth-order valence-corrected chi connectivity index (χ4v) is 4.13. The predicted octanol–water partition coefficient (Wildman–Crippen LogP) is 1.86. The molecule has 1 saturated heterocycles. The second-order valence-corrected chi connectivity index (χ2v) is 7.56. The summed E-state index contributed by atoms with van der Waals surface area (Å²) >= 11 is 0. The Hall–Kier alpha value is -0.120. The van der Waals surface area contributed by atoms with Gasteiger partial charge in [-0.05, 0) is 51.4 Å². The van der Waals surface area contributed by atoms with E-state index in [4.69, 9.17) is 0 Å². The van der Waals surface area contributed by atoms with Crippen molar-refractivity contribution in [2.24, 2.45) is 17.3 Å². The Kier molecular flexibility index (Phi) is 3.89. The maximum absolute atomic E-state index is 9.46. The SMILES string of the molecule is CC(C)N1CC2CCCC(C1)C2NCC1(CO)CC1. The molecule has 1 aliphatic heterocycles. The lowest BCUT2D eigenvalue weighted by molar-refractivity contribution is 0.0261. The monoisotopic (exact) mass is 266 g/mol. The summed E-state index contributed by atoms with van der Waals surface area (Å²) in [5.41, 5.74) is 0.253. The van der Waals surface area contributed by atoms with Gasteiger partial charge >= 0.3 is 0 Å². The number of nitrogens with zero attached hydrogens (tertiary/aromatic N) is 1. The highest BCUT2D eigenvalue weighted by Gasteiger charge is 2.45. The highest BCUT2D eigenvalue weighted by Crippen LogP contribution is 2.45. The van der Waals surface area contributed by atoms with E-state index in [1.807, 2.05) is 0 Å². The number of hydrogen-bond donors (Lipinski definition) is 2. The van der Waals surface area contributed by atoms with Gasteiger partial charge in [0.05, 0.1) is 0 Å². The summed E-state index contributed by atoms with van der Waals surface area (Å²) in [6, 6.07) is 1.41. The maximum Gasteiger partial charge on any atom is 0.0499 e. The third kappa shape index (κ3) is 2.84. The van der Waals surface area contributed by atoms with Crippen LogP contribution in [-0.2, 0) is 0 Å². The van der Waals surface area contributed by atoms with Gasteiger partial charge in [-0.1, -0.05) is 6.42 Å². The second kappa shape index (κ2) is 5.34. The number of aliphatic hydroxyl groups is 1. The van der Waals surface area contributed by atoms with Gasteiger partial charge in [-0.25, -0.2) is 0 Å². The molecule has 0 aromatic rings. The molecule has 3 rings (SSSR count). The molecule has 2 aliphatic carbocycles. The Labute approximate surface area is 117 Å². The van der Waals surface area contributed by atoms with Crippen LogP contribution in [0.5, 0.6) is 0 Å². The molecule has 0 aromatic carbocycles. The molecule has 0 radical (unpaired) electrons. The van der Waals surface area contributed by atoms with Crippen LogP contribution in [0, 0.1) is 17.3 Å². The van der Waals surface area contributed by atoms with Gasteiger partial charge in [0.2, 0.25) is 0 Å². The van der Waals surface area contributed by atoms with Crippen LogP contribution in [0.4, 0.5) is 0 Å². The minimum atomic E-state index is 0.253. The van der Waals surface area contributed by atoms with Gasteiger partial charge in [0.15, 0.2) is 0 Å². The zero-order valence-electron chi connectivity index (χ0n) is 12.6. The van der Waals surface area contributed by atoms with E-state index in [0.29, 0.717) is 18.7 Å². The molecule has 3 nitrogen and oxygen atoms in total. The van der Waals surface area contributed by atoms with Crippen molar-refractivity contribution in [3.63, 3.8) is 0 Å². The van der Waals surface area contributed by atoms with E-state index in [1.54, 1.807) is 0 Å². The topological polar surface area (TPSA) is 35.5 Å². The van der Waals surface area contributed by atoms with Crippen LogP contribution >= 0.6 is 0 Å². The minimum Gasteiger partial charge on any atom is -0.396 e. The number of fused-ring (bicyclic) bond motifs is 2. The van der Waals surface area contributed by atoms with Crippen LogP contribution in [0.15, 0.2) is 0 Å². The van der Waals surface area contributed by atoms with Crippen molar-refractivity contribution in [2.75, 3.05) is 26.2 Å². The Morgan fingerprint density at radius 3 is 2.32 bits per heavy atom. The molecule has 3 fully saturated rings. The summed E-state index contributed by atoms with van der Waals surface area (Å²) in [5, 5.41) is 13.3. The smallest absolute Gasteiger partial charge is 0.0499 e. The highest BCUT2D eigenvalue weighted by atomic mass is 16.3. The molecule has 3 heteroatoms. The van der Waals surface area contributed by atoms with Crippen LogP contribution in [0.2, 0.25) is 0 Å². The number of aliphatic hydroxyl groups excluding tert-OH is 1. The molecule has 0 amide bonds. The first-order valence-electron chi connectivity index (χ1n) is 8.22. The standard InChI is InChI=1S/C16H30N2O/c1-12(2)18-8-13-4-3-5-14(9-18)15(13)17-10-16(11-19)6-7-16/h12-15,17,19H,3-11H2,1-2H3. The lowest BCUT2D eigenvalue weighted by atomic mass is 9.73. The average Bonchev–Trinajstić information content (AvgIpc) is 3.15. The van der Waals surface area contributed by atoms with E-state index in [0.717, 1.165) is 18.4 Å². The molecule has 3 aliphatic rings. The summed E-state index contributed by atoms with van der Waals surface area (Å²) in [6.07, 6.45) is 6.64. The van der Waals surface area contributed by atoms with Gasteiger partial charge in [0, 0.05) is 43.7 Å². The summed E-state index contributed by atoms with van der Waals surface area (Å²) < 4.78 is 0. The van der Waals surface area contributed by atoms with Crippen LogP contribution in [0.3, 0.4) is 0 Å². The number of piperidine rings is 1. The molecule has 2 bridgehead atoms. The van der Waals surface area contributed by atoms with Crippen LogP contribution in [0.25, 0.3) is 0 Å². The van der Waals surface area contributed by atoms with Gasteiger partial charge in [-0.2, -0.15) is 0 Å². The summed E-state index contributed by atoms with van der Waals surface area (Å²) in [5.74, 6) is 1.67. The maximum atomic E-state index is 9.46. The second-order valence-electron chi connectivity index (χ2n) is 7.56. The fraction of sp³-hybridized carbons (Fsp3) is 1.00. The van der Waals surface area contributed by atoms with Gasteiger partial charge in [0.1, 0.15) is 0 Å². The van der Waals surface area contributed by atoms with Gasteiger partial charge in [0.25, 0.3) is 0 Å². The zero-order chi connectivity index (χ0) is 13.5.